The van der Waals surface area contributed by atoms with E-state index in [0.717, 1.165) is 12.8 Å². The Kier molecular flexibility index (Phi) is 5.17. The molecule has 0 spiro atoms. The van der Waals surface area contributed by atoms with Crippen LogP contribution in [0.15, 0.2) is 0 Å². The van der Waals surface area contributed by atoms with Gasteiger partial charge in [0.2, 0.25) is 0 Å². The average Bonchev–Trinajstić information content (AvgIpc) is 2.16. The molecule has 1 aliphatic heterocycles. The maximum atomic E-state index is 10.4. The SMILES string of the molecule is CSC.O=S1(=O)CCCC1. The van der Waals surface area contributed by atoms with Gasteiger partial charge >= 0.3 is 0 Å². The molecular weight excluding hydrogens is 168 g/mol. The maximum absolute atomic E-state index is 10.4. The van der Waals surface area contributed by atoms with Crippen molar-refractivity contribution in [1.82, 2.24) is 0 Å². The van der Waals surface area contributed by atoms with E-state index in [1.807, 2.05) is 12.5 Å². The number of thioether (sulfide) groups is 1. The van der Waals surface area contributed by atoms with Gasteiger partial charge in [-0.25, -0.2) is 8.42 Å². The maximum Gasteiger partial charge on any atom is 0.150 e. The van der Waals surface area contributed by atoms with E-state index >= 15 is 0 Å². The lowest BCUT2D eigenvalue weighted by molar-refractivity contribution is 0.602. The van der Waals surface area contributed by atoms with Crippen molar-refractivity contribution in [2.75, 3.05) is 24.0 Å². The van der Waals surface area contributed by atoms with Crippen molar-refractivity contribution in [3.63, 3.8) is 0 Å². The van der Waals surface area contributed by atoms with Gasteiger partial charge in [-0.2, -0.15) is 11.8 Å². The fraction of sp³-hybridized carbons (Fsp3) is 1.00. The monoisotopic (exact) mass is 182 g/mol. The van der Waals surface area contributed by atoms with E-state index in [9.17, 15) is 8.42 Å². The smallest absolute Gasteiger partial charge is 0.150 e. The van der Waals surface area contributed by atoms with Crippen LogP contribution in [-0.4, -0.2) is 32.4 Å². The van der Waals surface area contributed by atoms with Crippen LogP contribution in [0.25, 0.3) is 0 Å². The van der Waals surface area contributed by atoms with Gasteiger partial charge in [-0.1, -0.05) is 0 Å². The molecule has 1 fully saturated rings. The minimum absolute atomic E-state index is 0.424. The molecule has 2 nitrogen and oxygen atoms in total. The molecule has 1 saturated heterocycles. The van der Waals surface area contributed by atoms with Crippen molar-refractivity contribution in [3.05, 3.63) is 0 Å². The Labute approximate surface area is 67.3 Å². The summed E-state index contributed by atoms with van der Waals surface area (Å²) in [6.07, 6.45) is 5.84. The molecule has 0 radical (unpaired) electrons. The first-order valence-electron chi connectivity index (χ1n) is 3.23. The van der Waals surface area contributed by atoms with E-state index in [0.29, 0.717) is 11.5 Å². The van der Waals surface area contributed by atoms with E-state index in [2.05, 4.69) is 0 Å². The quantitative estimate of drug-likeness (QED) is 0.564. The van der Waals surface area contributed by atoms with Crippen LogP contribution in [-0.2, 0) is 9.84 Å². The summed E-state index contributed by atoms with van der Waals surface area (Å²) < 4.78 is 20.9. The van der Waals surface area contributed by atoms with E-state index < -0.39 is 9.84 Å². The van der Waals surface area contributed by atoms with Crippen molar-refractivity contribution in [1.29, 1.82) is 0 Å². The minimum atomic E-state index is -2.55. The molecule has 0 N–H and O–H groups in total. The molecule has 1 aliphatic rings. The Morgan fingerprint density at radius 1 is 1.10 bits per heavy atom. The van der Waals surface area contributed by atoms with Gasteiger partial charge < -0.3 is 0 Å². The summed E-state index contributed by atoms with van der Waals surface area (Å²) in [5.41, 5.74) is 0. The van der Waals surface area contributed by atoms with Crippen molar-refractivity contribution in [2.24, 2.45) is 0 Å². The molecule has 1 heterocycles. The van der Waals surface area contributed by atoms with Crippen LogP contribution in [0, 0.1) is 0 Å². The van der Waals surface area contributed by atoms with Crippen LogP contribution in [0.1, 0.15) is 12.8 Å². The van der Waals surface area contributed by atoms with Gasteiger partial charge in [-0.3, -0.25) is 0 Å². The van der Waals surface area contributed by atoms with Crippen LogP contribution in [0.5, 0.6) is 0 Å². The van der Waals surface area contributed by atoms with E-state index in [1.165, 1.54) is 0 Å². The lowest BCUT2D eigenvalue weighted by Gasteiger charge is -1.81. The standard InChI is InChI=1S/C4H8O2S.C2H6S/c5-7(6)3-1-2-4-7;1-3-2/h1-4H2;1-2H3. The molecule has 0 atom stereocenters. The molecule has 62 valence electrons. The van der Waals surface area contributed by atoms with Crippen molar-refractivity contribution >= 4 is 21.6 Å². The molecule has 0 unspecified atom stereocenters. The molecule has 4 heteroatoms. The number of sulfone groups is 1. The topological polar surface area (TPSA) is 34.1 Å². The molecular formula is C6H14O2S2. The lowest BCUT2D eigenvalue weighted by atomic mass is 10.4. The summed E-state index contributed by atoms with van der Waals surface area (Å²) in [6, 6.07) is 0. The predicted octanol–water partition coefficient (Wildman–Crippen LogP) is 1.17. The highest BCUT2D eigenvalue weighted by atomic mass is 32.2. The van der Waals surface area contributed by atoms with E-state index in [1.54, 1.807) is 11.8 Å². The van der Waals surface area contributed by atoms with Gasteiger partial charge in [0.25, 0.3) is 0 Å². The number of rotatable bonds is 0. The molecule has 0 bridgehead atoms. The summed E-state index contributed by atoms with van der Waals surface area (Å²) in [5, 5.41) is 0. The van der Waals surface area contributed by atoms with Gasteiger partial charge in [-0.05, 0) is 25.4 Å². The Bertz CT molecular complexity index is 149. The van der Waals surface area contributed by atoms with Gasteiger partial charge in [0, 0.05) is 0 Å². The second-order valence-corrected chi connectivity index (χ2v) is 5.39. The zero-order valence-electron chi connectivity index (χ0n) is 6.46. The fourth-order valence-corrected chi connectivity index (χ4v) is 2.24. The second kappa shape index (κ2) is 5.02. The first kappa shape index (κ1) is 10.3. The minimum Gasteiger partial charge on any atom is -0.229 e. The van der Waals surface area contributed by atoms with Crippen LogP contribution in [0.2, 0.25) is 0 Å². The third-order valence-corrected chi connectivity index (χ3v) is 2.98. The molecule has 0 saturated carbocycles. The highest BCUT2D eigenvalue weighted by Crippen LogP contribution is 2.08. The van der Waals surface area contributed by atoms with E-state index in [-0.39, 0.29) is 0 Å². The Balaban J connectivity index is 0.000000236. The molecule has 10 heavy (non-hydrogen) atoms. The molecule has 0 aromatic rings. The summed E-state index contributed by atoms with van der Waals surface area (Å²) in [5.74, 6) is 0.847. The average molecular weight is 182 g/mol. The second-order valence-electron chi connectivity index (χ2n) is 2.27. The van der Waals surface area contributed by atoms with Crippen LogP contribution in [0.3, 0.4) is 0 Å². The van der Waals surface area contributed by atoms with Gasteiger partial charge in [-0.15, -0.1) is 0 Å². The zero-order chi connectivity index (χ0) is 8.04. The summed E-state index contributed by atoms with van der Waals surface area (Å²) in [6.45, 7) is 0. The van der Waals surface area contributed by atoms with Gasteiger partial charge in [0.1, 0.15) is 9.84 Å². The Morgan fingerprint density at radius 2 is 1.40 bits per heavy atom. The molecule has 0 amide bonds. The summed E-state index contributed by atoms with van der Waals surface area (Å²) in [4.78, 5) is 0. The molecule has 0 aliphatic carbocycles. The fourth-order valence-electron chi connectivity index (χ4n) is 0.746. The van der Waals surface area contributed by atoms with E-state index in [4.69, 9.17) is 0 Å². The van der Waals surface area contributed by atoms with Crippen LogP contribution >= 0.6 is 11.8 Å². The molecule has 0 aromatic heterocycles. The summed E-state index contributed by atoms with van der Waals surface area (Å²) >= 11 is 1.75. The van der Waals surface area contributed by atoms with Gasteiger partial charge in [0.15, 0.2) is 0 Å². The van der Waals surface area contributed by atoms with Gasteiger partial charge in [0.05, 0.1) is 11.5 Å². The van der Waals surface area contributed by atoms with Crippen LogP contribution in [0.4, 0.5) is 0 Å². The third kappa shape index (κ3) is 5.11. The third-order valence-electron chi connectivity index (χ3n) is 1.16. The van der Waals surface area contributed by atoms with Crippen molar-refractivity contribution < 1.29 is 8.42 Å². The highest BCUT2D eigenvalue weighted by Gasteiger charge is 2.16. The predicted molar refractivity (Wildman–Crippen MR) is 47.3 cm³/mol. The molecule has 1 rings (SSSR count). The van der Waals surface area contributed by atoms with Crippen molar-refractivity contribution in [3.8, 4) is 0 Å². The number of hydrogen-bond acceptors (Lipinski definition) is 3. The normalized spacial score (nSPS) is 21.4. The zero-order valence-corrected chi connectivity index (χ0v) is 8.09. The Morgan fingerprint density at radius 3 is 1.50 bits per heavy atom. The lowest BCUT2D eigenvalue weighted by Crippen LogP contribution is -1.98. The molecule has 0 aromatic carbocycles. The first-order chi connectivity index (χ1) is 4.62. The largest absolute Gasteiger partial charge is 0.229 e. The Hall–Kier alpha value is 0.300. The van der Waals surface area contributed by atoms with Crippen molar-refractivity contribution in [2.45, 2.75) is 12.8 Å². The first-order valence-corrected chi connectivity index (χ1v) is 6.68. The number of hydrogen-bond donors (Lipinski definition) is 0. The van der Waals surface area contributed by atoms with Crippen LogP contribution < -0.4 is 0 Å². The highest BCUT2D eigenvalue weighted by molar-refractivity contribution is 7.97. The summed E-state index contributed by atoms with van der Waals surface area (Å²) in [7, 11) is -2.55.